The number of rotatable bonds is 6. The summed E-state index contributed by atoms with van der Waals surface area (Å²) in [6.45, 7) is 2.91. The highest BCUT2D eigenvalue weighted by molar-refractivity contribution is 5.86. The molecule has 3 aromatic rings. The molecule has 0 fully saturated rings. The van der Waals surface area contributed by atoms with Crippen LogP contribution >= 0.6 is 0 Å². The van der Waals surface area contributed by atoms with E-state index in [1.54, 1.807) is 36.2 Å². The topological polar surface area (TPSA) is 119 Å². The number of nitrogen functional groups attached to an aromatic ring is 1. The molecule has 146 valence electrons. The maximum Gasteiger partial charge on any atom is 0.204 e. The number of aryl methyl sites for hydroxylation is 1. The van der Waals surface area contributed by atoms with Gasteiger partial charge in [0.2, 0.25) is 5.43 Å². The number of nitrogens with one attached hydrogen (secondary N) is 1. The zero-order chi connectivity index (χ0) is 20.1. The van der Waals surface area contributed by atoms with Crippen LogP contribution in [0.3, 0.4) is 0 Å². The summed E-state index contributed by atoms with van der Waals surface area (Å²) in [5, 5.41) is 10.1. The minimum absolute atomic E-state index is 0.244. The lowest BCUT2D eigenvalue weighted by molar-refractivity contribution is 0.191. The van der Waals surface area contributed by atoms with Gasteiger partial charge in [0.25, 0.3) is 0 Å². The van der Waals surface area contributed by atoms with Crippen LogP contribution in [-0.4, -0.2) is 44.4 Å². The molecule has 0 aromatic carbocycles. The number of imidazole rings is 1. The molecule has 4 N–H and O–H groups in total. The van der Waals surface area contributed by atoms with E-state index in [1.165, 1.54) is 0 Å². The fourth-order valence-corrected chi connectivity index (χ4v) is 2.88. The van der Waals surface area contributed by atoms with Crippen LogP contribution < -0.4 is 11.2 Å². The monoisotopic (exact) mass is 381 g/mol. The fraction of sp³-hybridized carbons (Fsp3) is 0.350. The number of nitrogens with two attached hydrogens (primary N) is 1. The standard InChI is InChI=1S/C20H23N5O3/c1-3-14(26)7-5-13-6-8-15-17(27)16(19-22-9-10-23-19)18(21)25(20(15)24-13)11-4-12-28-2/h6,8-10,14,26H,3-4,11-12,21H2,1-2H3,(H,22,23). The molecule has 8 heteroatoms. The van der Waals surface area contributed by atoms with Crippen molar-refractivity contribution in [1.82, 2.24) is 19.5 Å². The van der Waals surface area contributed by atoms with Gasteiger partial charge in [0.15, 0.2) is 0 Å². The summed E-state index contributed by atoms with van der Waals surface area (Å²) in [7, 11) is 1.63. The summed E-state index contributed by atoms with van der Waals surface area (Å²) >= 11 is 0. The Morgan fingerprint density at radius 3 is 2.93 bits per heavy atom. The van der Waals surface area contributed by atoms with Crippen LogP contribution in [0.25, 0.3) is 22.4 Å². The number of anilines is 1. The van der Waals surface area contributed by atoms with Gasteiger partial charge in [-0.3, -0.25) is 4.79 Å². The van der Waals surface area contributed by atoms with E-state index < -0.39 is 6.10 Å². The van der Waals surface area contributed by atoms with E-state index in [9.17, 15) is 9.90 Å². The highest BCUT2D eigenvalue weighted by atomic mass is 16.5. The molecule has 8 nitrogen and oxygen atoms in total. The largest absolute Gasteiger partial charge is 0.385 e. The number of aromatic nitrogens is 4. The summed E-state index contributed by atoms with van der Waals surface area (Å²) in [4.78, 5) is 24.7. The maximum atomic E-state index is 13.1. The number of nitrogens with zero attached hydrogens (tertiary/aromatic N) is 3. The molecule has 0 bridgehead atoms. The molecule has 1 unspecified atom stereocenters. The number of pyridine rings is 2. The highest BCUT2D eigenvalue weighted by Gasteiger charge is 2.19. The van der Waals surface area contributed by atoms with Gasteiger partial charge in [-0.15, -0.1) is 0 Å². The Morgan fingerprint density at radius 1 is 1.43 bits per heavy atom. The number of hydrogen-bond donors (Lipinski definition) is 3. The molecular weight excluding hydrogens is 358 g/mol. The third-order valence-corrected chi connectivity index (χ3v) is 4.37. The van der Waals surface area contributed by atoms with E-state index in [1.807, 2.05) is 6.92 Å². The lowest BCUT2D eigenvalue weighted by atomic mass is 10.1. The van der Waals surface area contributed by atoms with Crippen molar-refractivity contribution in [2.24, 2.45) is 0 Å². The molecule has 3 aromatic heterocycles. The third kappa shape index (κ3) is 3.91. The van der Waals surface area contributed by atoms with Gasteiger partial charge in [-0.25, -0.2) is 9.97 Å². The van der Waals surface area contributed by atoms with Crippen LogP contribution in [-0.2, 0) is 11.3 Å². The van der Waals surface area contributed by atoms with Gasteiger partial charge in [-0.2, -0.15) is 0 Å². The van der Waals surface area contributed by atoms with E-state index in [-0.39, 0.29) is 11.2 Å². The summed E-state index contributed by atoms with van der Waals surface area (Å²) in [6, 6.07) is 3.35. The molecule has 1 atom stereocenters. The number of fused-ring (bicyclic) bond motifs is 1. The highest BCUT2D eigenvalue weighted by Crippen LogP contribution is 2.24. The van der Waals surface area contributed by atoms with Crippen LogP contribution in [0.1, 0.15) is 25.5 Å². The minimum Gasteiger partial charge on any atom is -0.385 e. The van der Waals surface area contributed by atoms with E-state index in [0.29, 0.717) is 54.1 Å². The number of aliphatic hydroxyl groups is 1. The molecule has 0 aliphatic heterocycles. The maximum absolute atomic E-state index is 13.1. The first-order valence-electron chi connectivity index (χ1n) is 9.08. The van der Waals surface area contributed by atoms with Crippen molar-refractivity contribution in [3.63, 3.8) is 0 Å². The number of H-pyrrole nitrogens is 1. The first-order valence-corrected chi connectivity index (χ1v) is 9.08. The summed E-state index contributed by atoms with van der Waals surface area (Å²) in [5.74, 6) is 6.29. The SMILES string of the molecule is CCC(O)C#Cc1ccc2c(=O)c(-c3ncc[nH]3)c(N)n(CCCOC)c2n1. The van der Waals surface area contributed by atoms with Gasteiger partial charge < -0.3 is 25.1 Å². The van der Waals surface area contributed by atoms with Crippen molar-refractivity contribution < 1.29 is 9.84 Å². The number of ether oxygens (including phenoxy) is 1. The molecule has 0 aliphatic carbocycles. The molecule has 28 heavy (non-hydrogen) atoms. The Kier molecular flexibility index (Phi) is 6.09. The van der Waals surface area contributed by atoms with Gasteiger partial charge >= 0.3 is 0 Å². The van der Waals surface area contributed by atoms with Crippen molar-refractivity contribution in [3.05, 3.63) is 40.4 Å². The molecular formula is C20H23N5O3. The van der Waals surface area contributed by atoms with Crippen molar-refractivity contribution in [2.45, 2.75) is 32.4 Å². The van der Waals surface area contributed by atoms with Crippen molar-refractivity contribution in [3.8, 4) is 23.2 Å². The third-order valence-electron chi connectivity index (χ3n) is 4.37. The summed E-state index contributed by atoms with van der Waals surface area (Å²) in [6.07, 6.45) is 3.73. The first kappa shape index (κ1) is 19.6. The second-order valence-corrected chi connectivity index (χ2v) is 6.29. The van der Waals surface area contributed by atoms with Crippen molar-refractivity contribution in [1.29, 1.82) is 0 Å². The molecule has 0 aliphatic rings. The second kappa shape index (κ2) is 8.69. The minimum atomic E-state index is -0.715. The molecule has 0 saturated carbocycles. The average Bonchev–Trinajstić information content (AvgIpc) is 3.23. The lowest BCUT2D eigenvalue weighted by Crippen LogP contribution is -2.20. The second-order valence-electron chi connectivity index (χ2n) is 6.29. The van der Waals surface area contributed by atoms with Gasteiger partial charge in [-0.1, -0.05) is 12.8 Å². The first-order chi connectivity index (χ1) is 13.6. The van der Waals surface area contributed by atoms with E-state index in [0.717, 1.165) is 0 Å². The Morgan fingerprint density at radius 2 is 2.25 bits per heavy atom. The Labute approximate surface area is 162 Å². The van der Waals surface area contributed by atoms with Gasteiger partial charge in [0, 0.05) is 32.7 Å². The van der Waals surface area contributed by atoms with Gasteiger partial charge in [0.05, 0.1) is 5.39 Å². The zero-order valence-electron chi connectivity index (χ0n) is 15.9. The van der Waals surface area contributed by atoms with E-state index >= 15 is 0 Å². The van der Waals surface area contributed by atoms with Crippen LogP contribution in [0.15, 0.2) is 29.3 Å². The number of aliphatic hydroxyl groups excluding tert-OH is 1. The summed E-state index contributed by atoms with van der Waals surface area (Å²) < 4.78 is 6.92. The molecule has 0 radical (unpaired) electrons. The average molecular weight is 381 g/mol. The van der Waals surface area contributed by atoms with Crippen LogP contribution in [0, 0.1) is 11.8 Å². The van der Waals surface area contributed by atoms with Gasteiger partial charge in [-0.05, 0) is 30.9 Å². The van der Waals surface area contributed by atoms with Crippen LogP contribution in [0.4, 0.5) is 5.82 Å². The number of aromatic amines is 1. The molecule has 0 amide bonds. The van der Waals surface area contributed by atoms with Crippen LogP contribution in [0.5, 0.6) is 0 Å². The van der Waals surface area contributed by atoms with E-state index in [2.05, 4.69) is 26.8 Å². The number of methoxy groups -OCH3 is 1. The molecule has 3 heterocycles. The lowest BCUT2D eigenvalue weighted by Gasteiger charge is -2.16. The Hall–Kier alpha value is -3.15. The molecule has 0 spiro atoms. The van der Waals surface area contributed by atoms with Crippen LogP contribution in [0.2, 0.25) is 0 Å². The number of hydrogen-bond acceptors (Lipinski definition) is 6. The Balaban J connectivity index is 2.21. The molecule has 0 saturated heterocycles. The zero-order valence-corrected chi connectivity index (χ0v) is 15.9. The van der Waals surface area contributed by atoms with Gasteiger partial charge in [0.1, 0.15) is 34.7 Å². The van der Waals surface area contributed by atoms with E-state index in [4.69, 9.17) is 10.5 Å². The van der Waals surface area contributed by atoms with Crippen molar-refractivity contribution >= 4 is 16.9 Å². The predicted octanol–water partition coefficient (Wildman–Crippen LogP) is 1.53. The quantitative estimate of drug-likeness (QED) is 0.440. The Bertz CT molecular complexity index is 1080. The predicted molar refractivity (Wildman–Crippen MR) is 108 cm³/mol. The fourth-order valence-electron chi connectivity index (χ4n) is 2.88. The smallest absolute Gasteiger partial charge is 0.204 e. The van der Waals surface area contributed by atoms with Crippen molar-refractivity contribution in [2.75, 3.05) is 19.5 Å². The normalized spacial score (nSPS) is 12.0. The summed E-state index contributed by atoms with van der Waals surface area (Å²) in [5.41, 5.74) is 7.35. The molecule has 3 rings (SSSR count).